The first-order chi connectivity index (χ1) is 8.58. The van der Waals surface area contributed by atoms with E-state index in [1.807, 2.05) is 0 Å². The molecule has 0 saturated heterocycles. The minimum Gasteiger partial charge on any atom is -0.481 e. The van der Waals surface area contributed by atoms with Crippen LogP contribution in [0.3, 0.4) is 0 Å². The highest BCUT2D eigenvalue weighted by Gasteiger charge is 2.34. The van der Waals surface area contributed by atoms with Gasteiger partial charge in [-0.25, -0.2) is 0 Å². The molecule has 4 heteroatoms. The quantitative estimate of drug-likeness (QED) is 0.850. The van der Waals surface area contributed by atoms with Crippen LogP contribution in [0.2, 0.25) is 5.02 Å². The smallest absolute Gasteiger partial charge is 0.306 e. The summed E-state index contributed by atoms with van der Waals surface area (Å²) in [4.78, 5) is 23.1. The van der Waals surface area contributed by atoms with E-state index in [1.54, 1.807) is 24.3 Å². The molecule has 1 N–H and O–H groups in total. The molecule has 1 saturated carbocycles. The zero-order valence-electron chi connectivity index (χ0n) is 9.93. The van der Waals surface area contributed by atoms with Crippen molar-refractivity contribution in [3.8, 4) is 0 Å². The molecule has 1 aromatic carbocycles. The van der Waals surface area contributed by atoms with Crippen LogP contribution in [-0.4, -0.2) is 16.9 Å². The van der Waals surface area contributed by atoms with E-state index < -0.39 is 5.97 Å². The van der Waals surface area contributed by atoms with Gasteiger partial charge in [0.15, 0.2) is 5.78 Å². The first kappa shape index (κ1) is 13.1. The van der Waals surface area contributed by atoms with Gasteiger partial charge in [-0.2, -0.15) is 0 Å². The van der Waals surface area contributed by atoms with Crippen molar-refractivity contribution in [2.75, 3.05) is 0 Å². The highest BCUT2D eigenvalue weighted by atomic mass is 35.5. The molecule has 3 nitrogen and oxygen atoms in total. The van der Waals surface area contributed by atoms with E-state index in [1.165, 1.54) is 0 Å². The average Bonchev–Trinajstić information content (AvgIpc) is 2.77. The molecule has 0 aromatic heterocycles. The topological polar surface area (TPSA) is 54.4 Å². The monoisotopic (exact) mass is 266 g/mol. The van der Waals surface area contributed by atoms with Crippen molar-refractivity contribution >= 4 is 23.4 Å². The summed E-state index contributed by atoms with van der Waals surface area (Å²) >= 11 is 5.84. The van der Waals surface area contributed by atoms with Crippen LogP contribution in [0.1, 0.15) is 36.0 Å². The van der Waals surface area contributed by atoms with Crippen LogP contribution in [0.5, 0.6) is 0 Å². The molecule has 18 heavy (non-hydrogen) atoms. The summed E-state index contributed by atoms with van der Waals surface area (Å²) < 4.78 is 0. The first-order valence-corrected chi connectivity index (χ1v) is 6.47. The lowest BCUT2D eigenvalue weighted by molar-refractivity contribution is -0.142. The molecular formula is C14H15ClO3. The number of carbonyl (C=O) groups is 2. The van der Waals surface area contributed by atoms with Crippen molar-refractivity contribution in [3.63, 3.8) is 0 Å². The zero-order valence-corrected chi connectivity index (χ0v) is 10.7. The van der Waals surface area contributed by atoms with Crippen LogP contribution in [0.15, 0.2) is 24.3 Å². The Balaban J connectivity index is 2.05. The number of hydrogen-bond acceptors (Lipinski definition) is 2. The van der Waals surface area contributed by atoms with Gasteiger partial charge in [0, 0.05) is 17.0 Å². The molecule has 0 aliphatic heterocycles. The molecule has 1 aliphatic carbocycles. The Kier molecular flexibility index (Phi) is 4.02. The Hall–Kier alpha value is -1.35. The van der Waals surface area contributed by atoms with Crippen LogP contribution in [0, 0.1) is 11.8 Å². The Morgan fingerprint density at radius 3 is 2.78 bits per heavy atom. The molecule has 96 valence electrons. The van der Waals surface area contributed by atoms with E-state index in [4.69, 9.17) is 16.7 Å². The van der Waals surface area contributed by atoms with E-state index in [0.717, 1.165) is 12.8 Å². The number of aliphatic carboxylic acids is 1. The van der Waals surface area contributed by atoms with E-state index >= 15 is 0 Å². The van der Waals surface area contributed by atoms with Crippen LogP contribution < -0.4 is 0 Å². The molecule has 1 aliphatic rings. The molecule has 2 atom stereocenters. The summed E-state index contributed by atoms with van der Waals surface area (Å²) in [5.41, 5.74) is 0.568. The molecular weight excluding hydrogens is 252 g/mol. The number of ketones is 1. The van der Waals surface area contributed by atoms with Gasteiger partial charge in [-0.15, -0.1) is 0 Å². The van der Waals surface area contributed by atoms with Crippen molar-refractivity contribution in [2.45, 2.75) is 25.7 Å². The Labute approximate surface area is 111 Å². The van der Waals surface area contributed by atoms with Crippen molar-refractivity contribution in [1.29, 1.82) is 0 Å². The maximum Gasteiger partial charge on any atom is 0.306 e. The molecule has 2 unspecified atom stereocenters. The molecule has 0 bridgehead atoms. The van der Waals surface area contributed by atoms with Gasteiger partial charge < -0.3 is 5.11 Å². The predicted octanol–water partition coefficient (Wildman–Crippen LogP) is 3.41. The van der Waals surface area contributed by atoms with E-state index in [-0.39, 0.29) is 17.6 Å². The lowest BCUT2D eigenvalue weighted by Gasteiger charge is -2.14. The lowest BCUT2D eigenvalue weighted by atomic mass is 9.89. The molecule has 1 fully saturated rings. The number of halogens is 1. The van der Waals surface area contributed by atoms with Gasteiger partial charge in [0.25, 0.3) is 0 Å². The standard InChI is InChI=1S/C14H15ClO3/c15-11-5-1-4-10(7-11)13(16)8-9-3-2-6-12(9)14(17)18/h1,4-5,7,9,12H,2-3,6,8H2,(H,17,18). The van der Waals surface area contributed by atoms with Crippen molar-refractivity contribution < 1.29 is 14.7 Å². The number of carboxylic acid groups (broad SMARTS) is 1. The van der Waals surface area contributed by atoms with E-state index in [2.05, 4.69) is 0 Å². The van der Waals surface area contributed by atoms with Gasteiger partial charge in [0.2, 0.25) is 0 Å². The van der Waals surface area contributed by atoms with Crippen LogP contribution in [0.25, 0.3) is 0 Å². The zero-order chi connectivity index (χ0) is 13.1. The molecule has 0 heterocycles. The van der Waals surface area contributed by atoms with Crippen LogP contribution in [0.4, 0.5) is 0 Å². The van der Waals surface area contributed by atoms with Gasteiger partial charge in [0.1, 0.15) is 0 Å². The maximum absolute atomic E-state index is 12.1. The number of rotatable bonds is 4. The molecule has 1 aromatic rings. The number of hydrogen-bond donors (Lipinski definition) is 1. The number of carboxylic acids is 1. The van der Waals surface area contributed by atoms with Gasteiger partial charge in [-0.1, -0.05) is 30.2 Å². The fourth-order valence-electron chi connectivity index (χ4n) is 2.62. The molecule has 0 radical (unpaired) electrons. The highest BCUT2D eigenvalue weighted by molar-refractivity contribution is 6.31. The fourth-order valence-corrected chi connectivity index (χ4v) is 2.81. The second kappa shape index (κ2) is 5.53. The predicted molar refractivity (Wildman–Crippen MR) is 68.9 cm³/mol. The summed E-state index contributed by atoms with van der Waals surface area (Å²) in [6, 6.07) is 6.81. The van der Waals surface area contributed by atoms with Crippen molar-refractivity contribution in [3.05, 3.63) is 34.9 Å². The normalized spacial score (nSPS) is 22.9. The Morgan fingerprint density at radius 1 is 1.33 bits per heavy atom. The third-order valence-corrected chi connectivity index (χ3v) is 3.81. The summed E-state index contributed by atoms with van der Waals surface area (Å²) in [6.07, 6.45) is 2.70. The summed E-state index contributed by atoms with van der Waals surface area (Å²) in [7, 11) is 0. The second-order valence-corrected chi connectivity index (χ2v) is 5.21. The van der Waals surface area contributed by atoms with Crippen LogP contribution in [-0.2, 0) is 4.79 Å². The largest absolute Gasteiger partial charge is 0.481 e. The number of carbonyl (C=O) groups excluding carboxylic acids is 1. The van der Waals surface area contributed by atoms with E-state index in [0.29, 0.717) is 23.4 Å². The summed E-state index contributed by atoms with van der Waals surface area (Å²) in [6.45, 7) is 0. The van der Waals surface area contributed by atoms with Crippen LogP contribution >= 0.6 is 11.6 Å². The average molecular weight is 267 g/mol. The van der Waals surface area contributed by atoms with E-state index in [9.17, 15) is 9.59 Å². The van der Waals surface area contributed by atoms with Gasteiger partial charge in [-0.05, 0) is 30.9 Å². The van der Waals surface area contributed by atoms with Crippen molar-refractivity contribution in [1.82, 2.24) is 0 Å². The molecule has 0 amide bonds. The number of Topliss-reactive ketones (excluding diaryl/α,β-unsaturated/α-hetero) is 1. The Morgan fingerprint density at radius 2 is 2.11 bits per heavy atom. The SMILES string of the molecule is O=C(CC1CCCC1C(=O)O)c1cccc(Cl)c1. The maximum atomic E-state index is 12.1. The molecule has 2 rings (SSSR count). The number of benzene rings is 1. The fraction of sp³-hybridized carbons (Fsp3) is 0.429. The van der Waals surface area contributed by atoms with Gasteiger partial charge in [0.05, 0.1) is 5.92 Å². The highest BCUT2D eigenvalue weighted by Crippen LogP contribution is 2.35. The van der Waals surface area contributed by atoms with Gasteiger partial charge in [-0.3, -0.25) is 9.59 Å². The third-order valence-electron chi connectivity index (χ3n) is 3.57. The minimum atomic E-state index is -0.781. The minimum absolute atomic E-state index is 0.0179. The summed E-state index contributed by atoms with van der Waals surface area (Å²) in [5, 5.41) is 9.61. The first-order valence-electron chi connectivity index (χ1n) is 6.09. The van der Waals surface area contributed by atoms with Gasteiger partial charge >= 0.3 is 5.97 Å². The summed E-state index contributed by atoms with van der Waals surface area (Å²) in [5.74, 6) is -1.20. The lowest BCUT2D eigenvalue weighted by Crippen LogP contribution is -2.20. The third kappa shape index (κ3) is 2.91. The van der Waals surface area contributed by atoms with Crippen molar-refractivity contribution in [2.24, 2.45) is 11.8 Å². The second-order valence-electron chi connectivity index (χ2n) is 4.77. The Bertz CT molecular complexity index is 470. The molecule has 0 spiro atoms.